The van der Waals surface area contributed by atoms with Gasteiger partial charge in [-0.2, -0.15) is 26.3 Å². The van der Waals surface area contributed by atoms with Crippen LogP contribution in [0.5, 0.6) is 11.5 Å². The molecule has 2 aromatic carbocycles. The van der Waals surface area contributed by atoms with Crippen LogP contribution in [0, 0.1) is 10.1 Å². The van der Waals surface area contributed by atoms with Crippen molar-refractivity contribution in [3.05, 3.63) is 55.6 Å². The SMILES string of the molecule is COc1c(N)ccc(Cl)c1C(F)(F)F.COc1c([N+](=O)[O-])ccc(Cl)c1C(F)(F)F. The summed E-state index contributed by atoms with van der Waals surface area (Å²) in [5.74, 6) is -1.32. The summed E-state index contributed by atoms with van der Waals surface area (Å²) in [5, 5.41) is 9.42. The molecular formula is C16H12Cl2F6N2O4. The Morgan fingerprint density at radius 2 is 1.27 bits per heavy atom. The van der Waals surface area contributed by atoms with Gasteiger partial charge in [-0.25, -0.2) is 0 Å². The van der Waals surface area contributed by atoms with Gasteiger partial charge in [0, 0.05) is 6.07 Å². The van der Waals surface area contributed by atoms with E-state index in [4.69, 9.17) is 28.9 Å². The predicted octanol–water partition coefficient (Wildman–Crippen LogP) is 6.23. The van der Waals surface area contributed by atoms with Crippen LogP contribution in [0.15, 0.2) is 24.3 Å². The molecule has 0 unspecified atom stereocenters. The maximum atomic E-state index is 12.6. The molecule has 0 aliphatic carbocycles. The molecule has 0 aliphatic rings. The van der Waals surface area contributed by atoms with Crippen molar-refractivity contribution in [1.82, 2.24) is 0 Å². The fraction of sp³-hybridized carbons (Fsp3) is 0.250. The minimum absolute atomic E-state index is 0.0933. The van der Waals surface area contributed by atoms with Gasteiger partial charge in [-0.05, 0) is 18.2 Å². The molecule has 0 bridgehead atoms. The first-order valence-electron chi connectivity index (χ1n) is 7.44. The molecule has 2 N–H and O–H groups in total. The summed E-state index contributed by atoms with van der Waals surface area (Å²) in [6.07, 6.45) is -9.38. The molecule has 0 amide bonds. The maximum absolute atomic E-state index is 12.6. The summed E-state index contributed by atoms with van der Waals surface area (Å²) in [7, 11) is 2.02. The first-order chi connectivity index (χ1) is 13.7. The number of nitro groups is 1. The van der Waals surface area contributed by atoms with Gasteiger partial charge in [0.05, 0.1) is 34.9 Å². The first-order valence-corrected chi connectivity index (χ1v) is 8.19. The van der Waals surface area contributed by atoms with E-state index < -0.39 is 55.6 Å². The maximum Gasteiger partial charge on any atom is 0.421 e. The third-order valence-corrected chi connectivity index (χ3v) is 4.03. The predicted molar refractivity (Wildman–Crippen MR) is 97.1 cm³/mol. The monoisotopic (exact) mass is 480 g/mol. The smallest absolute Gasteiger partial charge is 0.421 e. The second-order valence-corrected chi connectivity index (χ2v) is 6.09. The van der Waals surface area contributed by atoms with Crippen LogP contribution in [0.4, 0.5) is 37.7 Å². The number of nitrogen functional groups attached to an aromatic ring is 1. The lowest BCUT2D eigenvalue weighted by Gasteiger charge is -2.14. The van der Waals surface area contributed by atoms with Crippen LogP contribution in [0.1, 0.15) is 11.1 Å². The van der Waals surface area contributed by atoms with E-state index in [-0.39, 0.29) is 5.69 Å². The zero-order chi connectivity index (χ0) is 23.4. The van der Waals surface area contributed by atoms with Gasteiger partial charge in [0.1, 0.15) is 11.1 Å². The van der Waals surface area contributed by atoms with Crippen LogP contribution in [-0.2, 0) is 12.4 Å². The molecule has 0 atom stereocenters. The van der Waals surface area contributed by atoms with Crippen LogP contribution < -0.4 is 15.2 Å². The van der Waals surface area contributed by atoms with Crippen LogP contribution in [0.2, 0.25) is 10.0 Å². The lowest BCUT2D eigenvalue weighted by Crippen LogP contribution is -2.10. The van der Waals surface area contributed by atoms with Crippen molar-refractivity contribution < 1.29 is 40.7 Å². The number of methoxy groups -OCH3 is 2. The van der Waals surface area contributed by atoms with E-state index in [1.54, 1.807) is 0 Å². The summed E-state index contributed by atoms with van der Waals surface area (Å²) in [4.78, 5) is 9.52. The Bertz CT molecular complexity index is 935. The first kappa shape index (κ1) is 25.4. The Morgan fingerprint density at radius 3 is 1.60 bits per heavy atom. The van der Waals surface area contributed by atoms with Gasteiger partial charge in [0.2, 0.25) is 5.75 Å². The highest BCUT2D eigenvalue weighted by Crippen LogP contribution is 2.45. The Balaban J connectivity index is 0.000000303. The molecule has 0 aliphatic heterocycles. The van der Waals surface area contributed by atoms with E-state index in [1.807, 2.05) is 0 Å². The van der Waals surface area contributed by atoms with E-state index in [9.17, 15) is 36.5 Å². The lowest BCUT2D eigenvalue weighted by molar-refractivity contribution is -0.386. The molecule has 6 nitrogen and oxygen atoms in total. The average Bonchev–Trinajstić information content (AvgIpc) is 2.61. The zero-order valence-corrected chi connectivity index (χ0v) is 16.5. The zero-order valence-electron chi connectivity index (χ0n) is 15.0. The van der Waals surface area contributed by atoms with Gasteiger partial charge in [0.25, 0.3) is 0 Å². The van der Waals surface area contributed by atoms with Gasteiger partial charge < -0.3 is 15.2 Å². The number of nitrogens with two attached hydrogens (primary N) is 1. The molecule has 0 aromatic heterocycles. The van der Waals surface area contributed by atoms with Gasteiger partial charge in [-0.1, -0.05) is 23.2 Å². The molecule has 14 heteroatoms. The summed E-state index contributed by atoms with van der Waals surface area (Å²) in [6, 6.07) is 4.01. The van der Waals surface area contributed by atoms with Crippen molar-refractivity contribution in [1.29, 1.82) is 0 Å². The number of rotatable bonds is 3. The van der Waals surface area contributed by atoms with Crippen LogP contribution in [0.25, 0.3) is 0 Å². The van der Waals surface area contributed by atoms with Crippen molar-refractivity contribution in [3.8, 4) is 11.5 Å². The van der Waals surface area contributed by atoms with Crippen molar-refractivity contribution in [2.24, 2.45) is 0 Å². The van der Waals surface area contributed by atoms with Gasteiger partial charge in [0.15, 0.2) is 5.75 Å². The summed E-state index contributed by atoms with van der Waals surface area (Å²) < 4.78 is 84.0. The van der Waals surface area contributed by atoms with Gasteiger partial charge in [-0.3, -0.25) is 10.1 Å². The largest absolute Gasteiger partial charge is 0.494 e. The highest BCUT2D eigenvalue weighted by atomic mass is 35.5. The molecule has 0 spiro atoms. The van der Waals surface area contributed by atoms with Gasteiger partial charge >= 0.3 is 18.0 Å². The minimum Gasteiger partial charge on any atom is -0.494 e. The van der Waals surface area contributed by atoms with Crippen LogP contribution in [0.3, 0.4) is 0 Å². The molecule has 0 fully saturated rings. The van der Waals surface area contributed by atoms with Crippen molar-refractivity contribution in [2.45, 2.75) is 12.4 Å². The summed E-state index contributed by atoms with van der Waals surface area (Å²) >= 11 is 10.8. The second-order valence-electron chi connectivity index (χ2n) is 5.27. The normalized spacial score (nSPS) is 11.4. The minimum atomic E-state index is -4.81. The van der Waals surface area contributed by atoms with Crippen LogP contribution in [-0.4, -0.2) is 19.1 Å². The molecule has 0 saturated heterocycles. The molecule has 0 saturated carbocycles. The Hall–Kier alpha value is -2.60. The summed E-state index contributed by atoms with van der Waals surface area (Å²) in [6.45, 7) is 0. The van der Waals surface area contributed by atoms with E-state index in [0.29, 0.717) is 0 Å². The number of benzene rings is 2. The topological polar surface area (TPSA) is 87.6 Å². The number of hydrogen-bond donors (Lipinski definition) is 1. The van der Waals surface area contributed by atoms with Crippen molar-refractivity contribution in [3.63, 3.8) is 0 Å². The third-order valence-electron chi connectivity index (χ3n) is 3.40. The fourth-order valence-corrected chi connectivity index (χ4v) is 2.73. The van der Waals surface area contributed by atoms with Crippen molar-refractivity contribution in [2.75, 3.05) is 20.0 Å². The van der Waals surface area contributed by atoms with Gasteiger partial charge in [-0.15, -0.1) is 0 Å². The number of halogens is 8. The number of anilines is 1. The quantitative estimate of drug-likeness (QED) is 0.243. The highest BCUT2D eigenvalue weighted by molar-refractivity contribution is 6.32. The van der Waals surface area contributed by atoms with E-state index in [0.717, 1.165) is 32.4 Å². The molecule has 30 heavy (non-hydrogen) atoms. The molecule has 2 rings (SSSR count). The standard InChI is InChI=1S/C8H5ClF3NO3.C8H7ClF3NO/c1-16-7-5(13(14)15)3-2-4(9)6(7)8(10,11)12;1-14-7-5(13)3-2-4(9)6(7)8(10,11)12/h2-3H,1H3;2-3H,13H2,1H3. The van der Waals surface area contributed by atoms with E-state index >= 15 is 0 Å². The molecule has 2 aromatic rings. The highest BCUT2D eigenvalue weighted by Gasteiger charge is 2.40. The number of alkyl halides is 6. The Kier molecular flexibility index (Phi) is 8.03. The van der Waals surface area contributed by atoms with Crippen molar-refractivity contribution >= 4 is 34.6 Å². The molecular weight excluding hydrogens is 469 g/mol. The number of nitro benzene ring substituents is 1. The summed E-state index contributed by atoms with van der Waals surface area (Å²) in [5.41, 5.74) is 2.06. The molecule has 0 radical (unpaired) electrons. The number of ether oxygens (including phenoxy) is 2. The Labute approximate surface area is 175 Å². The average molecular weight is 481 g/mol. The number of hydrogen-bond acceptors (Lipinski definition) is 5. The Morgan fingerprint density at radius 1 is 0.867 bits per heavy atom. The molecule has 0 heterocycles. The second kappa shape index (κ2) is 9.47. The van der Waals surface area contributed by atoms with E-state index in [2.05, 4.69) is 9.47 Å². The van der Waals surface area contributed by atoms with Crippen LogP contribution >= 0.6 is 23.2 Å². The van der Waals surface area contributed by atoms with E-state index in [1.165, 1.54) is 6.07 Å². The lowest BCUT2D eigenvalue weighted by atomic mass is 10.1. The third kappa shape index (κ3) is 5.72. The number of nitrogens with zero attached hydrogens (tertiary/aromatic N) is 1. The molecule has 166 valence electrons. The fourth-order valence-electron chi connectivity index (χ4n) is 2.22.